The lowest BCUT2D eigenvalue weighted by atomic mass is 10.0. The molecule has 0 unspecified atom stereocenters. The number of fused-ring (bicyclic) bond motifs is 1. The number of benzene rings is 1. The lowest BCUT2D eigenvalue weighted by molar-refractivity contribution is -0.138. The number of aromatic amines is 1. The Morgan fingerprint density at radius 3 is 2.83 bits per heavy atom. The number of H-pyrrole nitrogens is 1. The SMILES string of the molecule is CC(C)[C@H](CC(=O)O)NC(=O)COCc1nc2ccc(F)cc2[nH]1. The first-order valence-corrected chi connectivity index (χ1v) is 7.58. The third-order valence-corrected chi connectivity index (χ3v) is 3.51. The monoisotopic (exact) mass is 337 g/mol. The second kappa shape index (κ2) is 7.87. The maximum atomic E-state index is 13.1. The molecule has 1 amide bonds. The van der Waals surface area contributed by atoms with Crippen LogP contribution in [0.25, 0.3) is 11.0 Å². The number of carboxylic acids is 1. The molecule has 2 aromatic rings. The normalized spacial score (nSPS) is 12.5. The second-order valence-corrected chi connectivity index (χ2v) is 5.85. The summed E-state index contributed by atoms with van der Waals surface area (Å²) in [6.07, 6.45) is -0.140. The van der Waals surface area contributed by atoms with Gasteiger partial charge in [-0.2, -0.15) is 0 Å². The molecule has 0 saturated heterocycles. The summed E-state index contributed by atoms with van der Waals surface area (Å²) in [6.45, 7) is 3.52. The molecular formula is C16H20FN3O4. The Balaban J connectivity index is 1.83. The number of carbonyl (C=O) groups excluding carboxylic acids is 1. The highest BCUT2D eigenvalue weighted by Gasteiger charge is 2.19. The molecule has 0 bridgehead atoms. The Kier molecular flexibility index (Phi) is 5.86. The molecule has 7 nitrogen and oxygen atoms in total. The average Bonchev–Trinajstić information content (AvgIpc) is 2.87. The third kappa shape index (κ3) is 5.02. The average molecular weight is 337 g/mol. The molecule has 0 spiro atoms. The van der Waals surface area contributed by atoms with Gasteiger partial charge in [0.05, 0.1) is 17.5 Å². The van der Waals surface area contributed by atoms with Crippen molar-refractivity contribution < 1.29 is 23.8 Å². The van der Waals surface area contributed by atoms with Gasteiger partial charge in [0.1, 0.15) is 24.9 Å². The van der Waals surface area contributed by atoms with Crippen LogP contribution in [0.1, 0.15) is 26.1 Å². The minimum Gasteiger partial charge on any atom is -0.481 e. The van der Waals surface area contributed by atoms with E-state index in [0.29, 0.717) is 16.9 Å². The van der Waals surface area contributed by atoms with Crippen LogP contribution >= 0.6 is 0 Å². The summed E-state index contributed by atoms with van der Waals surface area (Å²) in [7, 11) is 0. The zero-order valence-corrected chi connectivity index (χ0v) is 13.5. The standard InChI is InChI=1S/C16H20FN3O4/c1-9(2)12(6-16(22)23)20-15(21)8-24-7-14-18-11-4-3-10(17)5-13(11)19-14/h3-5,9,12H,6-8H2,1-2H3,(H,18,19)(H,20,21)(H,22,23)/t12-/m0/s1. The molecule has 1 atom stereocenters. The number of hydrogen-bond donors (Lipinski definition) is 3. The highest BCUT2D eigenvalue weighted by Crippen LogP contribution is 2.13. The smallest absolute Gasteiger partial charge is 0.305 e. The van der Waals surface area contributed by atoms with Gasteiger partial charge < -0.3 is 20.1 Å². The minimum atomic E-state index is -0.968. The molecule has 0 saturated carbocycles. The van der Waals surface area contributed by atoms with Crippen LogP contribution in [-0.4, -0.2) is 39.6 Å². The zero-order valence-electron chi connectivity index (χ0n) is 13.5. The minimum absolute atomic E-state index is 0.00433. The van der Waals surface area contributed by atoms with Crippen LogP contribution in [0.4, 0.5) is 4.39 Å². The van der Waals surface area contributed by atoms with E-state index in [2.05, 4.69) is 15.3 Å². The van der Waals surface area contributed by atoms with Gasteiger partial charge in [-0.25, -0.2) is 9.37 Å². The topological polar surface area (TPSA) is 104 Å². The molecule has 0 aliphatic rings. The first-order valence-electron chi connectivity index (χ1n) is 7.58. The van der Waals surface area contributed by atoms with Gasteiger partial charge in [0.25, 0.3) is 0 Å². The van der Waals surface area contributed by atoms with Crippen LogP contribution in [0, 0.1) is 11.7 Å². The molecule has 1 heterocycles. The fourth-order valence-electron chi connectivity index (χ4n) is 2.23. The predicted molar refractivity (Wildman–Crippen MR) is 84.7 cm³/mol. The van der Waals surface area contributed by atoms with Crippen molar-refractivity contribution in [2.45, 2.75) is 32.9 Å². The number of rotatable bonds is 8. The van der Waals surface area contributed by atoms with Gasteiger partial charge in [-0.1, -0.05) is 13.8 Å². The van der Waals surface area contributed by atoms with Crippen LogP contribution < -0.4 is 5.32 Å². The summed E-state index contributed by atoms with van der Waals surface area (Å²) in [5.74, 6) is -1.25. The van der Waals surface area contributed by atoms with E-state index in [1.807, 2.05) is 13.8 Å². The van der Waals surface area contributed by atoms with E-state index in [1.54, 1.807) is 6.07 Å². The van der Waals surface area contributed by atoms with Crippen LogP contribution in [0.5, 0.6) is 0 Å². The molecule has 130 valence electrons. The predicted octanol–water partition coefficient (Wildman–Crippen LogP) is 1.83. The molecule has 0 aliphatic carbocycles. The van der Waals surface area contributed by atoms with Crippen molar-refractivity contribution >= 4 is 22.9 Å². The third-order valence-electron chi connectivity index (χ3n) is 3.51. The van der Waals surface area contributed by atoms with Crippen molar-refractivity contribution in [2.75, 3.05) is 6.61 Å². The Labute approximate surface area is 138 Å². The number of ether oxygens (including phenoxy) is 1. The maximum Gasteiger partial charge on any atom is 0.305 e. The van der Waals surface area contributed by atoms with Crippen molar-refractivity contribution in [3.8, 4) is 0 Å². The number of aromatic nitrogens is 2. The number of nitrogens with zero attached hydrogens (tertiary/aromatic N) is 1. The van der Waals surface area contributed by atoms with Crippen molar-refractivity contribution in [1.82, 2.24) is 15.3 Å². The molecule has 0 fully saturated rings. The molecular weight excluding hydrogens is 317 g/mol. The van der Waals surface area contributed by atoms with Crippen molar-refractivity contribution in [1.29, 1.82) is 0 Å². The number of carbonyl (C=O) groups is 2. The number of nitrogens with one attached hydrogen (secondary N) is 2. The summed E-state index contributed by atoms with van der Waals surface area (Å²) in [5, 5.41) is 11.5. The Morgan fingerprint density at radius 2 is 2.17 bits per heavy atom. The molecule has 3 N–H and O–H groups in total. The summed E-state index contributed by atoms with van der Waals surface area (Å²) >= 11 is 0. The van der Waals surface area contributed by atoms with Crippen molar-refractivity contribution in [2.24, 2.45) is 5.92 Å². The van der Waals surface area contributed by atoms with E-state index >= 15 is 0 Å². The van der Waals surface area contributed by atoms with Crippen LogP contribution in [0.2, 0.25) is 0 Å². The molecule has 1 aromatic heterocycles. The number of aliphatic carboxylic acids is 1. The van der Waals surface area contributed by atoms with Gasteiger partial charge in [0, 0.05) is 6.04 Å². The summed E-state index contributed by atoms with van der Waals surface area (Å²) in [6, 6.07) is 3.75. The van der Waals surface area contributed by atoms with E-state index in [4.69, 9.17) is 9.84 Å². The molecule has 24 heavy (non-hydrogen) atoms. The summed E-state index contributed by atoms with van der Waals surface area (Å²) in [5.41, 5.74) is 1.17. The highest BCUT2D eigenvalue weighted by atomic mass is 19.1. The molecule has 2 rings (SSSR count). The quantitative estimate of drug-likeness (QED) is 0.682. The molecule has 0 aliphatic heterocycles. The first kappa shape index (κ1) is 17.9. The van der Waals surface area contributed by atoms with Crippen LogP contribution in [-0.2, 0) is 20.9 Å². The van der Waals surface area contributed by atoms with Crippen LogP contribution in [0.15, 0.2) is 18.2 Å². The largest absolute Gasteiger partial charge is 0.481 e. The van der Waals surface area contributed by atoms with E-state index in [9.17, 15) is 14.0 Å². The summed E-state index contributed by atoms with van der Waals surface area (Å²) in [4.78, 5) is 29.8. The highest BCUT2D eigenvalue weighted by molar-refractivity contribution is 5.78. The lowest BCUT2D eigenvalue weighted by Gasteiger charge is -2.20. The number of hydrogen-bond acceptors (Lipinski definition) is 4. The van der Waals surface area contributed by atoms with Crippen molar-refractivity contribution in [3.63, 3.8) is 0 Å². The van der Waals surface area contributed by atoms with Gasteiger partial charge >= 0.3 is 5.97 Å². The number of imidazole rings is 1. The van der Waals surface area contributed by atoms with Gasteiger partial charge in [0.15, 0.2) is 0 Å². The lowest BCUT2D eigenvalue weighted by Crippen LogP contribution is -2.41. The van der Waals surface area contributed by atoms with Crippen LogP contribution in [0.3, 0.4) is 0 Å². The second-order valence-electron chi connectivity index (χ2n) is 5.85. The van der Waals surface area contributed by atoms with Gasteiger partial charge in [-0.3, -0.25) is 9.59 Å². The Morgan fingerprint density at radius 1 is 1.42 bits per heavy atom. The van der Waals surface area contributed by atoms with E-state index < -0.39 is 17.9 Å². The molecule has 0 radical (unpaired) electrons. The fourth-order valence-corrected chi connectivity index (χ4v) is 2.23. The van der Waals surface area contributed by atoms with Gasteiger partial charge in [-0.15, -0.1) is 0 Å². The zero-order chi connectivity index (χ0) is 17.7. The summed E-state index contributed by atoms with van der Waals surface area (Å²) < 4.78 is 18.4. The van der Waals surface area contributed by atoms with Gasteiger partial charge in [-0.05, 0) is 24.1 Å². The Hall–Kier alpha value is -2.48. The van der Waals surface area contributed by atoms with E-state index in [1.165, 1.54) is 12.1 Å². The fraction of sp³-hybridized carbons (Fsp3) is 0.438. The number of halogens is 1. The molecule has 1 aromatic carbocycles. The molecule has 8 heteroatoms. The first-order chi connectivity index (χ1) is 11.3. The number of amides is 1. The van der Waals surface area contributed by atoms with E-state index in [-0.39, 0.29) is 31.4 Å². The maximum absolute atomic E-state index is 13.1. The number of carboxylic acid groups (broad SMARTS) is 1. The Bertz CT molecular complexity index is 729. The van der Waals surface area contributed by atoms with Gasteiger partial charge in [0.2, 0.25) is 5.91 Å². The van der Waals surface area contributed by atoms with E-state index in [0.717, 1.165) is 0 Å². The van der Waals surface area contributed by atoms with Crippen molar-refractivity contribution in [3.05, 3.63) is 29.8 Å².